The molecule has 1 aromatic carbocycles. The molecular weight excluding hydrogens is 328 g/mol. The average Bonchev–Trinajstić information content (AvgIpc) is 2.51. The highest BCUT2D eigenvalue weighted by molar-refractivity contribution is 7.98. The van der Waals surface area contributed by atoms with Gasteiger partial charge >= 0.3 is 0 Å². The van der Waals surface area contributed by atoms with Gasteiger partial charge < -0.3 is 4.90 Å². The van der Waals surface area contributed by atoms with E-state index in [0.717, 1.165) is 42.8 Å². The van der Waals surface area contributed by atoms with Gasteiger partial charge in [-0.3, -0.25) is 0 Å². The number of thioether (sulfide) groups is 1. The second-order valence-corrected chi connectivity index (χ2v) is 9.28. The fourth-order valence-corrected chi connectivity index (χ4v) is 4.80. The van der Waals surface area contributed by atoms with E-state index < -0.39 is 10.0 Å². The van der Waals surface area contributed by atoms with Crippen LogP contribution in [0.5, 0.6) is 0 Å². The molecule has 23 heavy (non-hydrogen) atoms. The van der Waals surface area contributed by atoms with Crippen LogP contribution in [0.15, 0.2) is 34.1 Å². The lowest BCUT2D eigenvalue weighted by atomic mass is 9.92. The van der Waals surface area contributed by atoms with Crippen LogP contribution in [-0.4, -0.2) is 45.8 Å². The van der Waals surface area contributed by atoms with Gasteiger partial charge in [0.25, 0.3) is 0 Å². The van der Waals surface area contributed by atoms with E-state index in [-0.39, 0.29) is 0 Å². The van der Waals surface area contributed by atoms with E-state index in [1.165, 1.54) is 6.42 Å². The lowest BCUT2D eigenvalue weighted by molar-refractivity contribution is 0.140. The lowest BCUT2D eigenvalue weighted by Crippen LogP contribution is -2.40. The number of rotatable bonds is 7. The van der Waals surface area contributed by atoms with Gasteiger partial charge in [-0.2, -0.15) is 0 Å². The Kier molecular flexibility index (Phi) is 6.95. The summed E-state index contributed by atoms with van der Waals surface area (Å²) in [6.07, 6.45) is 4.13. The molecule has 1 aliphatic rings. The Balaban J connectivity index is 1.78. The first-order chi connectivity index (χ1) is 10.9. The van der Waals surface area contributed by atoms with E-state index in [1.807, 2.05) is 18.4 Å². The first-order valence-electron chi connectivity index (χ1n) is 8.27. The van der Waals surface area contributed by atoms with Crippen molar-refractivity contribution in [3.8, 4) is 0 Å². The van der Waals surface area contributed by atoms with Crippen LogP contribution in [0.25, 0.3) is 0 Å². The van der Waals surface area contributed by atoms with Crippen LogP contribution in [-0.2, 0) is 10.0 Å². The van der Waals surface area contributed by atoms with E-state index in [1.54, 1.807) is 23.9 Å². The molecule has 0 saturated carbocycles. The summed E-state index contributed by atoms with van der Waals surface area (Å²) in [6, 6.07) is 7.02. The SMILES string of the molecule is CSc1ccc(S(=O)(=O)NCCCN2C[C@H](C)C[C@H](C)C2)cc1. The summed E-state index contributed by atoms with van der Waals surface area (Å²) in [4.78, 5) is 3.87. The predicted molar refractivity (Wildman–Crippen MR) is 97.4 cm³/mol. The highest BCUT2D eigenvalue weighted by Crippen LogP contribution is 2.21. The van der Waals surface area contributed by atoms with Crippen molar-refractivity contribution in [2.45, 2.75) is 36.5 Å². The van der Waals surface area contributed by atoms with Gasteiger partial charge in [0.1, 0.15) is 0 Å². The van der Waals surface area contributed by atoms with E-state index in [2.05, 4.69) is 23.5 Å². The number of hydrogen-bond donors (Lipinski definition) is 1. The average molecular weight is 357 g/mol. The summed E-state index contributed by atoms with van der Waals surface area (Å²) in [7, 11) is -3.39. The van der Waals surface area contributed by atoms with Crippen molar-refractivity contribution in [3.05, 3.63) is 24.3 Å². The zero-order valence-corrected chi connectivity index (χ0v) is 15.9. The summed E-state index contributed by atoms with van der Waals surface area (Å²) < 4.78 is 27.2. The molecule has 4 nitrogen and oxygen atoms in total. The molecule has 1 aromatic rings. The first-order valence-corrected chi connectivity index (χ1v) is 11.0. The highest BCUT2D eigenvalue weighted by Gasteiger charge is 2.21. The van der Waals surface area contributed by atoms with Gasteiger partial charge in [0.2, 0.25) is 10.0 Å². The fourth-order valence-electron chi connectivity index (χ4n) is 3.32. The van der Waals surface area contributed by atoms with Gasteiger partial charge in [-0.25, -0.2) is 13.1 Å². The van der Waals surface area contributed by atoms with Crippen LogP contribution in [0.2, 0.25) is 0 Å². The van der Waals surface area contributed by atoms with Crippen molar-refractivity contribution < 1.29 is 8.42 Å². The maximum absolute atomic E-state index is 12.3. The molecular formula is C17H28N2O2S2. The topological polar surface area (TPSA) is 49.4 Å². The van der Waals surface area contributed by atoms with Crippen molar-refractivity contribution in [1.29, 1.82) is 0 Å². The second-order valence-electron chi connectivity index (χ2n) is 6.63. The molecule has 2 atom stereocenters. The summed E-state index contributed by atoms with van der Waals surface area (Å²) in [5.41, 5.74) is 0. The zero-order chi connectivity index (χ0) is 16.9. The van der Waals surface area contributed by atoms with Gasteiger partial charge in [0, 0.05) is 24.5 Å². The minimum Gasteiger partial charge on any atom is -0.303 e. The second kappa shape index (κ2) is 8.51. The molecule has 130 valence electrons. The van der Waals surface area contributed by atoms with Crippen molar-refractivity contribution in [1.82, 2.24) is 9.62 Å². The molecule has 1 saturated heterocycles. The maximum atomic E-state index is 12.3. The molecule has 1 heterocycles. The monoisotopic (exact) mass is 356 g/mol. The van der Waals surface area contributed by atoms with Gasteiger partial charge in [-0.15, -0.1) is 11.8 Å². The molecule has 1 aliphatic heterocycles. The molecule has 2 rings (SSSR count). The van der Waals surface area contributed by atoms with Crippen LogP contribution in [0.1, 0.15) is 26.7 Å². The van der Waals surface area contributed by atoms with E-state index in [4.69, 9.17) is 0 Å². The number of likely N-dealkylation sites (tertiary alicyclic amines) is 1. The standard InChI is InChI=1S/C17H28N2O2S2/c1-14-11-15(2)13-19(12-14)10-4-9-18-23(20,21)17-7-5-16(22-3)6-8-17/h5-8,14-15,18H,4,9-13H2,1-3H3/t14-,15+. The number of sulfonamides is 1. The molecule has 0 bridgehead atoms. The fraction of sp³-hybridized carbons (Fsp3) is 0.647. The van der Waals surface area contributed by atoms with Crippen molar-refractivity contribution in [2.75, 3.05) is 32.4 Å². The predicted octanol–water partition coefficient (Wildman–Crippen LogP) is 3.05. The van der Waals surface area contributed by atoms with Crippen molar-refractivity contribution in [3.63, 3.8) is 0 Å². The molecule has 0 aromatic heterocycles. The third-order valence-corrected chi connectivity index (χ3v) is 6.48. The van der Waals surface area contributed by atoms with E-state index in [0.29, 0.717) is 11.4 Å². The van der Waals surface area contributed by atoms with Gasteiger partial charge in [0.15, 0.2) is 0 Å². The van der Waals surface area contributed by atoms with Crippen LogP contribution in [0, 0.1) is 11.8 Å². The third kappa shape index (κ3) is 5.78. The van der Waals surface area contributed by atoms with Crippen LogP contribution >= 0.6 is 11.8 Å². The Morgan fingerprint density at radius 2 is 1.78 bits per heavy atom. The largest absolute Gasteiger partial charge is 0.303 e. The van der Waals surface area contributed by atoms with Gasteiger partial charge in [0.05, 0.1) is 4.90 Å². The maximum Gasteiger partial charge on any atom is 0.240 e. The Bertz CT molecular complexity index is 577. The molecule has 0 amide bonds. The molecule has 1 N–H and O–H groups in total. The van der Waals surface area contributed by atoms with Crippen molar-refractivity contribution in [2.24, 2.45) is 11.8 Å². The lowest BCUT2D eigenvalue weighted by Gasteiger charge is -2.34. The number of benzene rings is 1. The van der Waals surface area contributed by atoms with Crippen molar-refractivity contribution >= 4 is 21.8 Å². The number of nitrogens with one attached hydrogen (secondary N) is 1. The van der Waals surface area contributed by atoms with Crippen LogP contribution in [0.4, 0.5) is 0 Å². The quantitative estimate of drug-likeness (QED) is 0.603. The first kappa shape index (κ1) is 18.8. The van der Waals surface area contributed by atoms with E-state index in [9.17, 15) is 8.42 Å². The molecule has 0 aliphatic carbocycles. The highest BCUT2D eigenvalue weighted by atomic mass is 32.2. The molecule has 6 heteroatoms. The summed E-state index contributed by atoms with van der Waals surface area (Å²) in [5.74, 6) is 1.48. The number of piperidine rings is 1. The third-order valence-electron chi connectivity index (χ3n) is 4.26. The minimum absolute atomic E-state index is 0.343. The smallest absolute Gasteiger partial charge is 0.240 e. The minimum atomic E-state index is -3.39. The normalized spacial score (nSPS) is 23.1. The van der Waals surface area contributed by atoms with Gasteiger partial charge in [-0.05, 0) is 61.7 Å². The van der Waals surface area contributed by atoms with E-state index >= 15 is 0 Å². The summed E-state index contributed by atoms with van der Waals surface area (Å²) in [5, 5.41) is 0. The number of nitrogens with zero attached hydrogens (tertiary/aromatic N) is 1. The van der Waals surface area contributed by atoms with Crippen LogP contribution in [0.3, 0.4) is 0 Å². The zero-order valence-electron chi connectivity index (χ0n) is 14.3. The Labute approximate surface area is 145 Å². The van der Waals surface area contributed by atoms with Gasteiger partial charge in [-0.1, -0.05) is 13.8 Å². The summed E-state index contributed by atoms with van der Waals surface area (Å²) >= 11 is 1.60. The number of hydrogen-bond acceptors (Lipinski definition) is 4. The Morgan fingerprint density at radius 1 is 1.17 bits per heavy atom. The molecule has 1 fully saturated rings. The Morgan fingerprint density at radius 3 is 2.35 bits per heavy atom. The van der Waals surface area contributed by atoms with Crippen LogP contribution < -0.4 is 4.72 Å². The molecule has 0 spiro atoms. The Hall–Kier alpha value is -0.560. The molecule has 0 unspecified atom stereocenters. The summed E-state index contributed by atoms with van der Waals surface area (Å²) in [6.45, 7) is 8.31. The molecule has 0 radical (unpaired) electrons.